The molecule has 1 aromatic rings. The van der Waals surface area contributed by atoms with E-state index in [9.17, 15) is 5.11 Å². The molecular weight excluding hydrogens is 244 g/mol. The van der Waals surface area contributed by atoms with Gasteiger partial charge in [0.1, 0.15) is 5.75 Å². The summed E-state index contributed by atoms with van der Waals surface area (Å²) in [5, 5.41) is 9.74. The highest BCUT2D eigenvalue weighted by Gasteiger charge is 2.45. The number of hydrogen-bond donors (Lipinski definition) is 1. The minimum Gasteiger partial charge on any atom is -0.508 e. The van der Waals surface area contributed by atoms with E-state index in [-0.39, 0.29) is 0 Å². The smallest absolute Gasteiger partial charge is 0.115 e. The first-order chi connectivity index (χ1) is 9.65. The maximum absolute atomic E-state index is 9.74. The molecule has 2 aliphatic rings. The highest BCUT2D eigenvalue weighted by atomic mass is 16.3. The van der Waals surface area contributed by atoms with Crippen molar-refractivity contribution in [2.75, 3.05) is 0 Å². The summed E-state index contributed by atoms with van der Waals surface area (Å²) in [6, 6.07) is 6.10. The molecule has 1 heteroatoms. The van der Waals surface area contributed by atoms with E-state index in [1.54, 1.807) is 0 Å². The molecule has 0 aromatic heterocycles. The van der Waals surface area contributed by atoms with Gasteiger partial charge in [-0.25, -0.2) is 0 Å². The zero-order valence-corrected chi connectivity index (χ0v) is 13.0. The maximum atomic E-state index is 9.74. The summed E-state index contributed by atoms with van der Waals surface area (Å²) in [7, 11) is 0. The van der Waals surface area contributed by atoms with Crippen molar-refractivity contribution in [1.29, 1.82) is 0 Å². The van der Waals surface area contributed by atoms with Crippen LogP contribution in [-0.4, -0.2) is 5.11 Å². The van der Waals surface area contributed by atoms with Crippen LogP contribution in [0.15, 0.2) is 18.2 Å². The molecule has 110 valence electrons. The number of rotatable bonds is 3. The average molecular weight is 272 g/mol. The third kappa shape index (κ3) is 2.25. The van der Waals surface area contributed by atoms with Gasteiger partial charge in [-0.1, -0.05) is 52.0 Å². The van der Waals surface area contributed by atoms with Crippen LogP contribution in [0.25, 0.3) is 0 Å². The predicted octanol–water partition coefficient (Wildman–Crippen LogP) is 5.20. The summed E-state index contributed by atoms with van der Waals surface area (Å²) in [5.41, 5.74) is 3.30. The van der Waals surface area contributed by atoms with Gasteiger partial charge in [-0.3, -0.25) is 0 Å². The molecule has 0 aliphatic heterocycles. The van der Waals surface area contributed by atoms with Gasteiger partial charge >= 0.3 is 0 Å². The lowest BCUT2D eigenvalue weighted by Crippen LogP contribution is -2.44. The van der Waals surface area contributed by atoms with E-state index < -0.39 is 0 Å². The molecule has 3 atom stereocenters. The van der Waals surface area contributed by atoms with E-state index >= 15 is 0 Å². The van der Waals surface area contributed by atoms with Gasteiger partial charge in [-0.05, 0) is 59.8 Å². The summed E-state index contributed by atoms with van der Waals surface area (Å²) < 4.78 is 0. The van der Waals surface area contributed by atoms with Crippen LogP contribution in [-0.2, 0) is 11.8 Å². The SMILES string of the molecule is CCCCC1CCCC2(C)c3ccc(O)cc3CCC12. The molecule has 1 N–H and O–H groups in total. The molecule has 1 nitrogen and oxygen atoms in total. The molecule has 1 fully saturated rings. The van der Waals surface area contributed by atoms with Crippen molar-refractivity contribution < 1.29 is 5.11 Å². The van der Waals surface area contributed by atoms with Gasteiger partial charge in [0, 0.05) is 0 Å². The van der Waals surface area contributed by atoms with E-state index in [0.29, 0.717) is 11.2 Å². The van der Waals surface area contributed by atoms with Gasteiger partial charge in [-0.15, -0.1) is 0 Å². The fourth-order valence-corrected chi connectivity index (χ4v) is 4.99. The van der Waals surface area contributed by atoms with Crippen LogP contribution < -0.4 is 0 Å². The van der Waals surface area contributed by atoms with Gasteiger partial charge in [0.05, 0.1) is 0 Å². The molecule has 0 heterocycles. The molecule has 20 heavy (non-hydrogen) atoms. The largest absolute Gasteiger partial charge is 0.508 e. The van der Waals surface area contributed by atoms with E-state index in [1.807, 2.05) is 12.1 Å². The minimum atomic E-state index is 0.359. The second-order valence-electron chi connectivity index (χ2n) is 7.20. The predicted molar refractivity (Wildman–Crippen MR) is 84.1 cm³/mol. The topological polar surface area (TPSA) is 20.2 Å². The van der Waals surface area contributed by atoms with E-state index in [1.165, 1.54) is 56.1 Å². The number of phenols is 1. The first-order valence-electron chi connectivity index (χ1n) is 8.47. The molecular formula is C19H28O. The number of benzene rings is 1. The monoisotopic (exact) mass is 272 g/mol. The van der Waals surface area contributed by atoms with Crippen molar-refractivity contribution >= 4 is 0 Å². The fourth-order valence-electron chi connectivity index (χ4n) is 4.99. The van der Waals surface area contributed by atoms with Gasteiger partial charge in [-0.2, -0.15) is 0 Å². The Morgan fingerprint density at radius 3 is 2.95 bits per heavy atom. The van der Waals surface area contributed by atoms with Gasteiger partial charge in [0.15, 0.2) is 0 Å². The summed E-state index contributed by atoms with van der Waals surface area (Å²) in [5.74, 6) is 2.22. The molecule has 3 rings (SSSR count). The molecule has 1 aromatic carbocycles. The number of aryl methyl sites for hydroxylation is 1. The number of hydrogen-bond acceptors (Lipinski definition) is 1. The molecule has 0 radical (unpaired) electrons. The Labute approximate surface area is 123 Å². The Kier molecular flexibility index (Phi) is 3.79. The normalized spacial score (nSPS) is 32.5. The van der Waals surface area contributed by atoms with Crippen molar-refractivity contribution in [2.24, 2.45) is 11.8 Å². The van der Waals surface area contributed by atoms with Crippen LogP contribution in [0.4, 0.5) is 0 Å². The summed E-state index contributed by atoms with van der Waals surface area (Å²) in [4.78, 5) is 0. The fraction of sp³-hybridized carbons (Fsp3) is 0.684. The quantitative estimate of drug-likeness (QED) is 0.801. The van der Waals surface area contributed by atoms with Crippen LogP contribution in [0.1, 0.15) is 69.9 Å². The van der Waals surface area contributed by atoms with E-state index in [4.69, 9.17) is 0 Å². The van der Waals surface area contributed by atoms with Crippen LogP contribution in [0.5, 0.6) is 5.75 Å². The molecule has 0 spiro atoms. The molecule has 2 aliphatic carbocycles. The summed E-state index contributed by atoms with van der Waals surface area (Å²) in [6.07, 6.45) is 10.8. The Morgan fingerprint density at radius 2 is 2.15 bits per heavy atom. The Hall–Kier alpha value is -0.980. The second-order valence-corrected chi connectivity index (χ2v) is 7.20. The summed E-state index contributed by atoms with van der Waals surface area (Å²) >= 11 is 0. The number of unbranched alkanes of at least 4 members (excludes halogenated alkanes) is 1. The van der Waals surface area contributed by atoms with Gasteiger partial charge in [0.25, 0.3) is 0 Å². The van der Waals surface area contributed by atoms with Crippen LogP contribution >= 0.6 is 0 Å². The number of phenolic OH excluding ortho intramolecular Hbond substituents is 1. The zero-order valence-electron chi connectivity index (χ0n) is 13.0. The highest BCUT2D eigenvalue weighted by Crippen LogP contribution is 2.53. The van der Waals surface area contributed by atoms with Crippen molar-refractivity contribution in [3.8, 4) is 5.75 Å². The summed E-state index contributed by atoms with van der Waals surface area (Å²) in [6.45, 7) is 4.80. The van der Waals surface area contributed by atoms with Crippen molar-refractivity contribution in [3.63, 3.8) is 0 Å². The number of aromatic hydroxyl groups is 1. The first kappa shape index (κ1) is 14.0. The molecule has 0 bridgehead atoms. The maximum Gasteiger partial charge on any atom is 0.115 e. The minimum absolute atomic E-state index is 0.359. The Morgan fingerprint density at radius 1 is 1.30 bits per heavy atom. The lowest BCUT2D eigenvalue weighted by Gasteiger charge is -2.50. The first-order valence-corrected chi connectivity index (χ1v) is 8.47. The standard InChI is InChI=1S/C19H28O/c1-3-4-6-14-7-5-12-19(2)17(14)10-8-15-13-16(20)9-11-18(15)19/h9,11,13-14,17,20H,3-8,10,12H2,1-2H3. The van der Waals surface area contributed by atoms with Crippen LogP contribution in [0.3, 0.4) is 0 Å². The Bertz CT molecular complexity index is 479. The Balaban J connectivity index is 1.92. The van der Waals surface area contributed by atoms with Crippen molar-refractivity contribution in [3.05, 3.63) is 29.3 Å². The zero-order chi connectivity index (χ0) is 14.2. The second kappa shape index (κ2) is 5.42. The number of fused-ring (bicyclic) bond motifs is 3. The molecule has 1 saturated carbocycles. The van der Waals surface area contributed by atoms with Crippen molar-refractivity contribution in [2.45, 2.75) is 70.6 Å². The highest BCUT2D eigenvalue weighted by molar-refractivity contribution is 5.42. The molecule has 3 unspecified atom stereocenters. The lowest BCUT2D eigenvalue weighted by atomic mass is 9.54. The van der Waals surface area contributed by atoms with E-state index in [0.717, 1.165) is 18.3 Å². The average Bonchev–Trinajstić information content (AvgIpc) is 2.44. The van der Waals surface area contributed by atoms with Gasteiger partial charge in [0.2, 0.25) is 0 Å². The van der Waals surface area contributed by atoms with E-state index in [2.05, 4.69) is 19.9 Å². The third-order valence-electron chi connectivity index (χ3n) is 6.02. The molecule has 0 amide bonds. The molecule has 0 saturated heterocycles. The van der Waals surface area contributed by atoms with Gasteiger partial charge < -0.3 is 5.11 Å². The van der Waals surface area contributed by atoms with Crippen LogP contribution in [0.2, 0.25) is 0 Å². The van der Waals surface area contributed by atoms with Crippen LogP contribution in [0, 0.1) is 11.8 Å². The third-order valence-corrected chi connectivity index (χ3v) is 6.02. The van der Waals surface area contributed by atoms with Crippen molar-refractivity contribution in [1.82, 2.24) is 0 Å². The lowest BCUT2D eigenvalue weighted by molar-refractivity contribution is 0.0986.